The van der Waals surface area contributed by atoms with Gasteiger partial charge < -0.3 is 77.9 Å². The van der Waals surface area contributed by atoms with Crippen molar-refractivity contribution in [2.75, 3.05) is 122 Å². The molecule has 798 valence electrons. The molecule has 2 unspecified atom stereocenters. The Kier molecular flexibility index (Phi) is 47.1. The Labute approximate surface area is 838 Å². The molecular formula is C95H138N13O32S4+. The van der Waals surface area contributed by atoms with Gasteiger partial charge >= 0.3 is 47.8 Å². The standard InChI is InChI=1S/C95H137N13O32S4/c1-94(2)71-58-68(143(135,136)137)35-38-77(71)107(79(94)40-31-65-21-20-22-66(70(65)57-64-29-33-67(34-30-64)142(132,133)134)32-41-80-95(3,4)72-59-69(144(138,139)140)36-39-78(72)108(80)47-18-19-56-141(129,130)131)46-17-7-10-28-83(111)96-43-14-11-23-73(99-84(112)60-103-48-50-104(61-86(115)116)52-54-106(63-88(119)120)55-53-105(51-49-103)62-87(117)118)89(121)100-74(90(122)123)24-12-15-44-97-81(109)26-8-5-6-9-27-82(110)98-45-16-13-25-75(91(124)125)101-93(128)102-76(92(126)127)37-42-85(113)114/h29-36,38-41,58-59,73-76H,5-28,37,42-57,60-63H2,1-4H3,(H17-,96,97,98,99,100,101,102,109,110,111,112,113,114,115,116,117,118,119,120,121,122,123,124,125,126,127,128,129,130,131,132,133,134,135,136,137,138,139,140)/p+1/t73?,74?,75-,76-/m0/s1. The lowest BCUT2D eigenvalue weighted by molar-refractivity contribution is -0.438. The second-order valence-corrected chi connectivity index (χ2v) is 43.2. The molecule has 4 aliphatic rings. The first kappa shape index (κ1) is 119. The maximum atomic E-state index is 14.4. The number of hydrogen-bond donors (Lipinski definition) is 18. The molecule has 1 aliphatic carbocycles. The number of carboxylic acid groups (broad SMARTS) is 7. The predicted octanol–water partition coefficient (Wildman–Crippen LogP) is 5.72. The van der Waals surface area contributed by atoms with E-state index in [1.807, 2.05) is 56.9 Å². The van der Waals surface area contributed by atoms with Crippen LogP contribution in [0.5, 0.6) is 0 Å². The van der Waals surface area contributed by atoms with Crippen LogP contribution in [0.4, 0.5) is 16.2 Å². The lowest BCUT2D eigenvalue weighted by Crippen LogP contribution is -2.54. The number of carbonyl (C=O) groups is 13. The molecule has 0 saturated carbocycles. The number of carbonyl (C=O) groups excluding carboxylic acids is 6. The summed E-state index contributed by atoms with van der Waals surface area (Å²) in [6.07, 6.45) is 14.6. The fourth-order valence-electron chi connectivity index (χ4n) is 17.8. The molecule has 3 heterocycles. The van der Waals surface area contributed by atoms with Gasteiger partial charge in [0.1, 0.15) is 30.7 Å². The Morgan fingerprint density at radius 1 is 0.417 bits per heavy atom. The van der Waals surface area contributed by atoms with Crippen molar-refractivity contribution in [1.82, 2.24) is 56.8 Å². The summed E-state index contributed by atoms with van der Waals surface area (Å²) in [4.78, 5) is 170. The molecule has 144 heavy (non-hydrogen) atoms. The zero-order chi connectivity index (χ0) is 106. The quantitative estimate of drug-likeness (QED) is 0.0182. The highest BCUT2D eigenvalue weighted by molar-refractivity contribution is 7.86. The van der Waals surface area contributed by atoms with Gasteiger partial charge in [-0.1, -0.05) is 51.0 Å². The van der Waals surface area contributed by atoms with Gasteiger partial charge in [0.05, 0.1) is 52.0 Å². The second-order valence-electron chi connectivity index (χ2n) is 37.4. The fraction of sp³-hybridized carbons (Fsp3) is 0.579. The SMILES string of the molecule is CC1(C)C(/C=C/C2=C(Cc3ccc(S(=O)(=O)O)cc3)C(=C/C=C3/N(CCCCS(=O)(=O)O)c4ccc(S(=O)(=O)O)cc4C3(C)C)/CCC2)=[N+](CCCCCC(=O)NCCCCC(NC(=O)CN2CCN(CC(=O)O)CCN(CC(=O)O)CCN(CC(=O)O)CC2)C(=O)NC(CCCCNC(=O)CCCCCCC(=O)NCCCC[C@H](NC(=O)N[C@@H](CCC(=O)O)C(=O)O)C(=O)O)C(=O)O)c2ccc(S(=O)(=O)O)cc21. The number of carboxylic acids is 7. The Morgan fingerprint density at radius 3 is 1.31 bits per heavy atom. The van der Waals surface area contributed by atoms with Crippen LogP contribution in [0, 0.1) is 0 Å². The molecule has 7 rings (SSSR count). The number of anilines is 1. The Balaban J connectivity index is 0.994. The molecule has 7 amide bonds. The number of hydrogen-bond acceptors (Lipinski definition) is 26. The largest absolute Gasteiger partial charge is 0.481 e. The molecular weight excluding hydrogens is 1960 g/mol. The summed E-state index contributed by atoms with van der Waals surface area (Å²) in [5.41, 5.74) is 5.29. The van der Waals surface area contributed by atoms with Gasteiger partial charge in [-0.15, -0.1) is 0 Å². The molecule has 18 N–H and O–H groups in total. The molecule has 0 bridgehead atoms. The number of fused-ring (bicyclic) bond motifs is 2. The minimum Gasteiger partial charge on any atom is -0.481 e. The van der Waals surface area contributed by atoms with Crippen molar-refractivity contribution in [3.63, 3.8) is 0 Å². The molecule has 3 aliphatic heterocycles. The van der Waals surface area contributed by atoms with Crippen LogP contribution in [-0.4, -0.2) is 336 Å². The fourth-order valence-corrected chi connectivity index (χ4v) is 19.8. The molecule has 0 radical (unpaired) electrons. The molecule has 3 aromatic rings. The van der Waals surface area contributed by atoms with Crippen LogP contribution in [0.3, 0.4) is 0 Å². The van der Waals surface area contributed by atoms with Crippen LogP contribution in [0.25, 0.3) is 0 Å². The first-order valence-electron chi connectivity index (χ1n) is 48.1. The van der Waals surface area contributed by atoms with Crippen molar-refractivity contribution >= 4 is 135 Å². The Bertz CT molecular complexity index is 5680. The molecule has 1 fully saturated rings. The van der Waals surface area contributed by atoms with Gasteiger partial charge in [-0.05, 0) is 219 Å². The Hall–Kier alpha value is -11.5. The smallest absolute Gasteiger partial charge is 0.326 e. The van der Waals surface area contributed by atoms with Crippen LogP contribution >= 0.6 is 0 Å². The Morgan fingerprint density at radius 2 is 0.854 bits per heavy atom. The highest BCUT2D eigenvalue weighted by Crippen LogP contribution is 2.49. The molecule has 45 nitrogen and oxygen atoms in total. The molecule has 3 aromatic carbocycles. The van der Waals surface area contributed by atoms with E-state index in [2.05, 4.69) is 41.8 Å². The minimum absolute atomic E-state index is 0.0534. The molecule has 4 atom stereocenters. The number of rotatable bonds is 60. The lowest BCUT2D eigenvalue weighted by atomic mass is 9.80. The van der Waals surface area contributed by atoms with Gasteiger partial charge in [0.25, 0.3) is 40.5 Å². The third-order valence-corrected chi connectivity index (χ3v) is 28.9. The number of allylic oxidation sites excluding steroid dienone is 8. The van der Waals surface area contributed by atoms with E-state index in [1.54, 1.807) is 43.9 Å². The van der Waals surface area contributed by atoms with E-state index in [4.69, 9.17) is 5.11 Å². The third-order valence-electron chi connectivity index (χ3n) is 25.6. The summed E-state index contributed by atoms with van der Waals surface area (Å²) in [6.45, 7) is 7.67. The van der Waals surface area contributed by atoms with Gasteiger partial charge in [0.15, 0.2) is 5.71 Å². The van der Waals surface area contributed by atoms with Gasteiger partial charge in [-0.2, -0.15) is 38.2 Å². The topological polar surface area (TPSA) is 684 Å². The minimum atomic E-state index is -4.69. The van der Waals surface area contributed by atoms with E-state index in [1.165, 1.54) is 36.4 Å². The first-order valence-corrected chi connectivity index (χ1v) is 54.0. The number of nitrogens with zero attached hydrogens (tertiary/aromatic N) is 6. The predicted molar refractivity (Wildman–Crippen MR) is 526 cm³/mol. The molecule has 49 heteroatoms. The van der Waals surface area contributed by atoms with E-state index in [-0.39, 0.29) is 188 Å². The maximum Gasteiger partial charge on any atom is 0.326 e. The van der Waals surface area contributed by atoms with Gasteiger partial charge in [-0.25, -0.2) is 19.2 Å². The van der Waals surface area contributed by atoms with Gasteiger partial charge in [0, 0.05) is 145 Å². The summed E-state index contributed by atoms with van der Waals surface area (Å²) in [5, 5.41) is 85.4. The average Bonchev–Trinajstić information content (AvgIpc) is 1.59. The van der Waals surface area contributed by atoms with E-state index in [0.29, 0.717) is 124 Å². The van der Waals surface area contributed by atoms with Crippen molar-refractivity contribution < 1.29 is 155 Å². The van der Waals surface area contributed by atoms with Crippen molar-refractivity contribution in [2.24, 2.45) is 0 Å². The van der Waals surface area contributed by atoms with Crippen LogP contribution in [0.1, 0.15) is 211 Å². The maximum absolute atomic E-state index is 14.4. The van der Waals surface area contributed by atoms with Crippen LogP contribution in [-0.2, 0) is 115 Å². The number of benzene rings is 3. The third kappa shape index (κ3) is 40.5. The van der Waals surface area contributed by atoms with Crippen LogP contribution in [0.2, 0.25) is 0 Å². The highest BCUT2D eigenvalue weighted by atomic mass is 32.2. The number of unbranched alkanes of at least 4 members (excludes halogenated alkanes) is 9. The number of nitrogens with one attached hydrogen (secondary N) is 7. The highest BCUT2D eigenvalue weighted by Gasteiger charge is 2.46. The number of amides is 7. The van der Waals surface area contributed by atoms with Gasteiger partial charge in [-0.3, -0.25) is 81.0 Å². The summed E-state index contributed by atoms with van der Waals surface area (Å²) < 4.78 is 140. The average molecular weight is 2100 g/mol. The summed E-state index contributed by atoms with van der Waals surface area (Å²) >= 11 is 0. The molecule has 0 aromatic heterocycles. The van der Waals surface area contributed by atoms with Crippen molar-refractivity contribution in [3.05, 3.63) is 124 Å². The van der Waals surface area contributed by atoms with E-state index < -0.39 is 180 Å². The first-order chi connectivity index (χ1) is 67.7. The molecule has 0 spiro atoms. The van der Waals surface area contributed by atoms with E-state index >= 15 is 0 Å². The monoisotopic (exact) mass is 2100 g/mol. The lowest BCUT2D eigenvalue weighted by Gasteiger charge is -2.33. The van der Waals surface area contributed by atoms with E-state index in [0.717, 1.165) is 22.4 Å². The van der Waals surface area contributed by atoms with Crippen molar-refractivity contribution in [2.45, 2.75) is 251 Å². The van der Waals surface area contributed by atoms with E-state index in [9.17, 15) is 145 Å². The number of aliphatic carboxylic acids is 7. The summed E-state index contributed by atoms with van der Waals surface area (Å²) in [5.74, 6) is -12.0. The van der Waals surface area contributed by atoms with Crippen LogP contribution in [0.15, 0.2) is 122 Å². The van der Waals surface area contributed by atoms with Crippen molar-refractivity contribution in [3.8, 4) is 0 Å². The summed E-state index contributed by atoms with van der Waals surface area (Å²) in [7, 11) is -18.2. The van der Waals surface area contributed by atoms with Gasteiger partial charge in [0.2, 0.25) is 35.2 Å². The normalized spacial score (nSPS) is 17.2. The van der Waals surface area contributed by atoms with Crippen molar-refractivity contribution in [1.29, 1.82) is 0 Å². The van der Waals surface area contributed by atoms with Crippen LogP contribution < -0.4 is 42.1 Å². The summed E-state index contributed by atoms with van der Waals surface area (Å²) in [6, 6.07) is 7.45. The number of urea groups is 1. The zero-order valence-corrected chi connectivity index (χ0v) is 84.8. The second kappa shape index (κ2) is 56.8. The molecule has 1 saturated heterocycles. The zero-order valence-electron chi connectivity index (χ0n) is 81.5.